The van der Waals surface area contributed by atoms with Crippen LogP contribution in [-0.4, -0.2) is 27.7 Å². The summed E-state index contributed by atoms with van der Waals surface area (Å²) in [5.41, 5.74) is 2.24. The first-order valence-electron chi connectivity index (χ1n) is 6.82. The van der Waals surface area contributed by atoms with Gasteiger partial charge in [0.1, 0.15) is 0 Å². The number of hydrogen-bond acceptors (Lipinski definition) is 3. The molecule has 0 heterocycles. The van der Waals surface area contributed by atoms with Crippen LogP contribution in [0, 0.1) is 0 Å². The van der Waals surface area contributed by atoms with Crippen molar-refractivity contribution in [2.45, 2.75) is 37.6 Å². The zero-order chi connectivity index (χ0) is 16.8. The summed E-state index contributed by atoms with van der Waals surface area (Å²) in [4.78, 5) is 15.9. The number of allylic oxidation sites excluding steroid dienone is 2. The third kappa shape index (κ3) is 15.4. The summed E-state index contributed by atoms with van der Waals surface area (Å²) in [5.74, 6) is 0. The standard InChI is InChI=1S/C14H21O6PS.3K.3H/c1-12(11-13-8-3-2-4-9-13)7-5-6-10-14(21(15,16)17)22(18,19)20;;;;;;/h2-4,7-9,14H,5-6,10-11H2,1H3,(H2,15,16,17)(H,18,19,20);;;;;;/q;3*+1;3*-1/b12-7+;;;;;;. The number of benzene rings is 1. The van der Waals surface area contributed by atoms with E-state index in [2.05, 4.69) is 0 Å². The second kappa shape index (κ2) is 16.6. The van der Waals surface area contributed by atoms with Gasteiger partial charge in [0, 0.05) is 0 Å². The molecule has 130 valence electrons. The number of rotatable bonds is 8. The van der Waals surface area contributed by atoms with Crippen LogP contribution >= 0.6 is 7.60 Å². The van der Waals surface area contributed by atoms with E-state index in [1.807, 2.05) is 43.3 Å². The maximum Gasteiger partial charge on any atom is 1.00 e. The largest absolute Gasteiger partial charge is 1.00 e. The second-order valence-electron chi connectivity index (χ2n) is 5.20. The van der Waals surface area contributed by atoms with Crippen molar-refractivity contribution in [3.63, 3.8) is 0 Å². The first-order valence-corrected chi connectivity index (χ1v) is 10.0. The topological polar surface area (TPSA) is 112 Å². The van der Waals surface area contributed by atoms with E-state index in [1.165, 1.54) is 0 Å². The van der Waals surface area contributed by atoms with E-state index in [0.29, 0.717) is 6.42 Å². The fraction of sp³-hybridized carbons (Fsp3) is 0.429. The molecular formula is C14H24K3O6PS. The summed E-state index contributed by atoms with van der Waals surface area (Å²) in [6, 6.07) is 9.82. The fourth-order valence-corrected chi connectivity index (χ4v) is 4.49. The fourth-order valence-electron chi connectivity index (χ4n) is 2.12. The Balaban J connectivity index is -0.000000202. The molecule has 3 N–H and O–H groups in total. The number of unbranched alkanes of at least 4 members (excludes halogenated alkanes) is 1. The summed E-state index contributed by atoms with van der Waals surface area (Å²) in [6.45, 7) is 1.94. The molecule has 0 bridgehead atoms. The molecule has 1 atom stereocenters. The van der Waals surface area contributed by atoms with Crippen LogP contribution in [0.2, 0.25) is 0 Å². The molecule has 0 amide bonds. The molecule has 11 heteroatoms. The van der Waals surface area contributed by atoms with Gasteiger partial charge in [-0.2, -0.15) is 8.42 Å². The molecule has 1 rings (SSSR count). The molecule has 0 saturated carbocycles. The van der Waals surface area contributed by atoms with Crippen molar-refractivity contribution in [3.8, 4) is 0 Å². The van der Waals surface area contributed by atoms with E-state index < -0.39 is 22.7 Å². The maximum atomic E-state index is 11.1. The molecule has 1 unspecified atom stereocenters. The van der Waals surface area contributed by atoms with Crippen LogP contribution in [0.1, 0.15) is 36.0 Å². The molecule has 0 aliphatic carbocycles. The summed E-state index contributed by atoms with van der Waals surface area (Å²) in [6.07, 6.45) is 3.15. The molecule has 0 saturated heterocycles. The summed E-state index contributed by atoms with van der Waals surface area (Å²) in [5, 5.41) is 0. The van der Waals surface area contributed by atoms with Gasteiger partial charge in [-0.05, 0) is 38.2 Å². The van der Waals surface area contributed by atoms with Crippen LogP contribution in [0.25, 0.3) is 0 Å². The van der Waals surface area contributed by atoms with Crippen LogP contribution in [0.4, 0.5) is 0 Å². The van der Waals surface area contributed by atoms with E-state index in [-0.39, 0.29) is 171 Å². The first-order chi connectivity index (χ1) is 10.1. The van der Waals surface area contributed by atoms with Gasteiger partial charge < -0.3 is 14.1 Å². The Bertz CT molecular complexity index is 674. The molecule has 6 nitrogen and oxygen atoms in total. The van der Waals surface area contributed by atoms with Gasteiger partial charge in [-0.25, -0.2) is 0 Å². The smallest absolute Gasteiger partial charge is 1.00 e. The quantitative estimate of drug-likeness (QED) is 0.115. The Kier molecular flexibility index (Phi) is 22.3. The normalized spacial score (nSPS) is 13.0. The zero-order valence-electron chi connectivity index (χ0n) is 18.3. The van der Waals surface area contributed by atoms with Crippen molar-refractivity contribution in [1.82, 2.24) is 0 Å². The van der Waals surface area contributed by atoms with Gasteiger partial charge >= 0.3 is 162 Å². The molecule has 25 heavy (non-hydrogen) atoms. The molecular weight excluding hydrogens is 444 g/mol. The van der Waals surface area contributed by atoms with Gasteiger partial charge in [-0.3, -0.25) is 9.12 Å². The van der Waals surface area contributed by atoms with Crippen LogP contribution in [0.5, 0.6) is 0 Å². The Morgan fingerprint density at radius 3 is 2.16 bits per heavy atom. The molecule has 0 aliphatic rings. The Labute approximate surface area is 282 Å². The minimum Gasteiger partial charge on any atom is -1.00 e. The molecule has 0 aromatic heterocycles. The summed E-state index contributed by atoms with van der Waals surface area (Å²) < 4.78 is 42.0. The molecule has 1 aromatic carbocycles. The van der Waals surface area contributed by atoms with Crippen molar-refractivity contribution < 1.29 is 186 Å². The predicted molar refractivity (Wildman–Crippen MR) is 88.5 cm³/mol. The SMILES string of the molecule is C/C(=C\CCCC(P(=O)(O)O)S(=O)(=O)O)Cc1ccccc1.[H-].[H-].[H-].[K+].[K+].[K+]. The van der Waals surface area contributed by atoms with Crippen LogP contribution in [-0.2, 0) is 21.1 Å². The summed E-state index contributed by atoms with van der Waals surface area (Å²) in [7, 11) is -9.63. The minimum atomic E-state index is -4.87. The first kappa shape index (κ1) is 33.6. The van der Waals surface area contributed by atoms with E-state index >= 15 is 0 Å². The van der Waals surface area contributed by atoms with Gasteiger partial charge in [0.25, 0.3) is 10.1 Å². The van der Waals surface area contributed by atoms with E-state index in [9.17, 15) is 13.0 Å². The average Bonchev–Trinajstić information content (AvgIpc) is 2.36. The van der Waals surface area contributed by atoms with Crippen molar-refractivity contribution in [2.24, 2.45) is 0 Å². The molecule has 0 radical (unpaired) electrons. The molecule has 1 aromatic rings. The van der Waals surface area contributed by atoms with Gasteiger partial charge in [-0.1, -0.05) is 42.0 Å². The number of hydrogen-bond donors (Lipinski definition) is 3. The monoisotopic (exact) mass is 468 g/mol. The van der Waals surface area contributed by atoms with Crippen LogP contribution in [0.15, 0.2) is 42.0 Å². The zero-order valence-corrected chi connectivity index (χ0v) is 26.4. The summed E-state index contributed by atoms with van der Waals surface area (Å²) >= 11 is 0. The minimum absolute atomic E-state index is 0. The molecule has 0 spiro atoms. The predicted octanol–water partition coefficient (Wildman–Crippen LogP) is -5.91. The Morgan fingerprint density at radius 2 is 1.72 bits per heavy atom. The van der Waals surface area contributed by atoms with Crippen molar-refractivity contribution in [1.29, 1.82) is 0 Å². The van der Waals surface area contributed by atoms with E-state index in [1.54, 1.807) is 0 Å². The third-order valence-corrected chi connectivity index (χ3v) is 6.75. The van der Waals surface area contributed by atoms with Gasteiger partial charge in [0.2, 0.25) is 0 Å². The second-order valence-corrected chi connectivity index (χ2v) is 8.95. The van der Waals surface area contributed by atoms with E-state index in [4.69, 9.17) is 14.3 Å². The average molecular weight is 469 g/mol. The van der Waals surface area contributed by atoms with Crippen molar-refractivity contribution >= 4 is 17.7 Å². The van der Waals surface area contributed by atoms with E-state index in [0.717, 1.165) is 17.6 Å². The van der Waals surface area contributed by atoms with Crippen LogP contribution in [0.3, 0.4) is 0 Å². The molecule has 0 fully saturated rings. The van der Waals surface area contributed by atoms with Crippen molar-refractivity contribution in [3.05, 3.63) is 47.5 Å². The van der Waals surface area contributed by atoms with Gasteiger partial charge in [0.05, 0.1) is 0 Å². The van der Waals surface area contributed by atoms with Gasteiger partial charge in [-0.15, -0.1) is 0 Å². The Morgan fingerprint density at radius 1 is 1.20 bits per heavy atom. The molecule has 0 aliphatic heterocycles. The van der Waals surface area contributed by atoms with Crippen LogP contribution < -0.4 is 154 Å². The van der Waals surface area contributed by atoms with Gasteiger partial charge in [0.15, 0.2) is 4.99 Å². The third-order valence-electron chi connectivity index (χ3n) is 3.19. The Hall–Kier alpha value is 3.93. The maximum absolute atomic E-state index is 11.1. The van der Waals surface area contributed by atoms with Crippen molar-refractivity contribution in [2.75, 3.05) is 0 Å².